The molecular formula is C6H14N2O2. The van der Waals surface area contributed by atoms with E-state index in [-0.39, 0.29) is 18.4 Å². The summed E-state index contributed by atoms with van der Waals surface area (Å²) >= 11 is 0. The second-order valence-electron chi connectivity index (χ2n) is 2.23. The van der Waals surface area contributed by atoms with Crippen molar-refractivity contribution >= 4 is 5.97 Å². The van der Waals surface area contributed by atoms with E-state index in [0.717, 1.165) is 0 Å². The van der Waals surface area contributed by atoms with Gasteiger partial charge in [-0.25, -0.2) is 0 Å². The summed E-state index contributed by atoms with van der Waals surface area (Å²) in [7, 11) is 0. The zero-order chi connectivity index (χ0) is 7.98. The quantitative estimate of drug-likeness (QED) is 0.503. The molecule has 0 heterocycles. The summed E-state index contributed by atoms with van der Waals surface area (Å²) < 4.78 is 4.70. The molecule has 0 saturated heterocycles. The molecule has 0 amide bonds. The van der Waals surface area contributed by atoms with Crippen LogP contribution in [0.3, 0.4) is 0 Å². The first kappa shape index (κ1) is 9.39. The number of carbonyl (C=O) groups is 1. The van der Waals surface area contributed by atoms with E-state index >= 15 is 0 Å². The van der Waals surface area contributed by atoms with Crippen LogP contribution in [0.15, 0.2) is 0 Å². The van der Waals surface area contributed by atoms with Crippen molar-refractivity contribution in [1.82, 2.24) is 0 Å². The summed E-state index contributed by atoms with van der Waals surface area (Å²) in [6, 6.07) is 0. The summed E-state index contributed by atoms with van der Waals surface area (Å²) in [6.07, 6.45) is 0. The molecule has 0 spiro atoms. The highest BCUT2D eigenvalue weighted by Gasteiger charge is 2.02. The number of ether oxygens (including phenoxy) is 1. The number of hydrogen-bond donors (Lipinski definition) is 2. The number of carbonyl (C=O) groups excluding carboxylic acids is 1. The maximum atomic E-state index is 10.4. The maximum absolute atomic E-state index is 10.4. The van der Waals surface area contributed by atoms with E-state index in [9.17, 15) is 4.79 Å². The van der Waals surface area contributed by atoms with Crippen molar-refractivity contribution in [2.75, 3.05) is 19.7 Å². The fraction of sp³-hybridized carbons (Fsp3) is 0.833. The van der Waals surface area contributed by atoms with Crippen LogP contribution in [-0.2, 0) is 9.53 Å². The Bertz CT molecular complexity index is 106. The van der Waals surface area contributed by atoms with Gasteiger partial charge in [0.1, 0.15) is 0 Å². The summed E-state index contributed by atoms with van der Waals surface area (Å²) in [5.41, 5.74) is 10.3. The Morgan fingerprint density at radius 1 is 1.60 bits per heavy atom. The van der Waals surface area contributed by atoms with Crippen LogP contribution in [0.2, 0.25) is 0 Å². The van der Waals surface area contributed by atoms with E-state index in [2.05, 4.69) is 0 Å². The van der Waals surface area contributed by atoms with Crippen molar-refractivity contribution < 1.29 is 9.53 Å². The molecule has 10 heavy (non-hydrogen) atoms. The highest BCUT2D eigenvalue weighted by Crippen LogP contribution is 1.91. The van der Waals surface area contributed by atoms with Gasteiger partial charge in [0.25, 0.3) is 0 Å². The zero-order valence-electron chi connectivity index (χ0n) is 6.17. The molecular weight excluding hydrogens is 132 g/mol. The lowest BCUT2D eigenvalue weighted by atomic mass is 10.2. The Labute approximate surface area is 60.5 Å². The van der Waals surface area contributed by atoms with Crippen LogP contribution < -0.4 is 11.5 Å². The fourth-order valence-corrected chi connectivity index (χ4v) is 0.362. The van der Waals surface area contributed by atoms with E-state index < -0.39 is 0 Å². The monoisotopic (exact) mass is 146 g/mol. The predicted molar refractivity (Wildman–Crippen MR) is 38.2 cm³/mol. The van der Waals surface area contributed by atoms with Gasteiger partial charge in [0.15, 0.2) is 0 Å². The van der Waals surface area contributed by atoms with E-state index in [4.69, 9.17) is 16.2 Å². The van der Waals surface area contributed by atoms with Crippen LogP contribution in [0.5, 0.6) is 0 Å². The molecule has 0 aliphatic rings. The standard InChI is InChI=1S/C6H14N2O2/c1-5(2-7)4-10-6(9)3-8/h5H,2-4,7-8H2,1H3. The molecule has 4 nitrogen and oxygen atoms in total. The van der Waals surface area contributed by atoms with Crippen molar-refractivity contribution in [3.8, 4) is 0 Å². The molecule has 0 aromatic heterocycles. The molecule has 4 heteroatoms. The second kappa shape index (κ2) is 5.20. The molecule has 0 bridgehead atoms. The molecule has 0 radical (unpaired) electrons. The molecule has 60 valence electrons. The molecule has 0 saturated carbocycles. The average Bonchev–Trinajstić information content (AvgIpc) is 1.99. The van der Waals surface area contributed by atoms with Crippen molar-refractivity contribution in [2.24, 2.45) is 17.4 Å². The van der Waals surface area contributed by atoms with Crippen LogP contribution in [-0.4, -0.2) is 25.7 Å². The van der Waals surface area contributed by atoms with Gasteiger partial charge in [0, 0.05) is 5.92 Å². The Kier molecular flexibility index (Phi) is 4.88. The minimum Gasteiger partial charge on any atom is -0.464 e. The minimum atomic E-state index is -0.375. The normalized spacial score (nSPS) is 12.7. The molecule has 1 unspecified atom stereocenters. The van der Waals surface area contributed by atoms with E-state index in [1.54, 1.807) is 0 Å². The summed E-state index contributed by atoms with van der Waals surface area (Å²) in [5, 5.41) is 0. The van der Waals surface area contributed by atoms with Gasteiger partial charge < -0.3 is 16.2 Å². The Morgan fingerprint density at radius 2 is 2.20 bits per heavy atom. The largest absolute Gasteiger partial charge is 0.464 e. The van der Waals surface area contributed by atoms with Gasteiger partial charge in [-0.15, -0.1) is 0 Å². The highest BCUT2D eigenvalue weighted by molar-refractivity contribution is 5.71. The summed E-state index contributed by atoms with van der Waals surface area (Å²) in [5.74, 6) is -0.157. The Morgan fingerprint density at radius 3 is 2.60 bits per heavy atom. The van der Waals surface area contributed by atoms with Crippen LogP contribution >= 0.6 is 0 Å². The van der Waals surface area contributed by atoms with Crippen molar-refractivity contribution in [2.45, 2.75) is 6.92 Å². The van der Waals surface area contributed by atoms with Gasteiger partial charge in [-0.2, -0.15) is 0 Å². The number of rotatable bonds is 4. The van der Waals surface area contributed by atoms with Gasteiger partial charge in [0.2, 0.25) is 0 Å². The molecule has 0 rings (SSSR count). The average molecular weight is 146 g/mol. The van der Waals surface area contributed by atoms with Crippen LogP contribution in [0.25, 0.3) is 0 Å². The van der Waals surface area contributed by atoms with E-state index in [0.29, 0.717) is 13.2 Å². The van der Waals surface area contributed by atoms with Gasteiger partial charge in [0.05, 0.1) is 13.2 Å². The zero-order valence-corrected chi connectivity index (χ0v) is 6.17. The summed E-state index contributed by atoms with van der Waals surface area (Å²) in [4.78, 5) is 10.4. The predicted octanol–water partition coefficient (Wildman–Crippen LogP) is -0.917. The van der Waals surface area contributed by atoms with Crippen molar-refractivity contribution in [3.05, 3.63) is 0 Å². The fourth-order valence-electron chi connectivity index (χ4n) is 0.362. The molecule has 1 atom stereocenters. The van der Waals surface area contributed by atoms with Crippen LogP contribution in [0, 0.1) is 5.92 Å². The van der Waals surface area contributed by atoms with Gasteiger partial charge >= 0.3 is 5.97 Å². The first-order chi connectivity index (χ1) is 4.70. The first-order valence-electron chi connectivity index (χ1n) is 3.26. The lowest BCUT2D eigenvalue weighted by Gasteiger charge is -2.07. The third kappa shape index (κ3) is 4.29. The molecule has 0 aliphatic carbocycles. The SMILES string of the molecule is CC(CN)COC(=O)CN. The van der Waals surface area contributed by atoms with E-state index in [1.807, 2.05) is 6.92 Å². The Balaban J connectivity index is 3.26. The van der Waals surface area contributed by atoms with Gasteiger partial charge in [-0.1, -0.05) is 6.92 Å². The van der Waals surface area contributed by atoms with Gasteiger partial charge in [-0.05, 0) is 6.54 Å². The van der Waals surface area contributed by atoms with Crippen molar-refractivity contribution in [1.29, 1.82) is 0 Å². The lowest BCUT2D eigenvalue weighted by molar-refractivity contribution is -0.143. The van der Waals surface area contributed by atoms with E-state index in [1.165, 1.54) is 0 Å². The second-order valence-corrected chi connectivity index (χ2v) is 2.23. The van der Waals surface area contributed by atoms with Gasteiger partial charge in [-0.3, -0.25) is 4.79 Å². The third-order valence-corrected chi connectivity index (χ3v) is 1.10. The smallest absolute Gasteiger partial charge is 0.319 e. The lowest BCUT2D eigenvalue weighted by Crippen LogP contribution is -2.23. The Hall–Kier alpha value is -0.610. The molecule has 0 aromatic carbocycles. The molecule has 0 aromatic rings. The topological polar surface area (TPSA) is 78.3 Å². The summed E-state index contributed by atoms with van der Waals surface area (Å²) in [6.45, 7) is 2.74. The maximum Gasteiger partial charge on any atom is 0.319 e. The van der Waals surface area contributed by atoms with Crippen molar-refractivity contribution in [3.63, 3.8) is 0 Å². The third-order valence-electron chi connectivity index (χ3n) is 1.10. The molecule has 0 fully saturated rings. The highest BCUT2D eigenvalue weighted by atomic mass is 16.5. The minimum absolute atomic E-state index is 0.0582. The van der Waals surface area contributed by atoms with Crippen LogP contribution in [0.1, 0.15) is 6.92 Å². The number of hydrogen-bond acceptors (Lipinski definition) is 4. The van der Waals surface area contributed by atoms with Crippen LogP contribution in [0.4, 0.5) is 0 Å². The molecule has 0 aliphatic heterocycles. The first-order valence-corrected chi connectivity index (χ1v) is 3.26. The number of nitrogens with two attached hydrogens (primary N) is 2. The number of esters is 1. The molecule has 4 N–H and O–H groups in total.